The highest BCUT2D eigenvalue weighted by Gasteiger charge is 2.23. The smallest absolute Gasteiger partial charge is 0.260 e. The number of nitrogens with two attached hydrogens (primary N) is 1. The molecule has 0 aliphatic carbocycles. The lowest BCUT2D eigenvalue weighted by molar-refractivity contribution is -0.136. The van der Waals surface area contributed by atoms with Crippen LogP contribution in [0.15, 0.2) is 18.2 Å². The van der Waals surface area contributed by atoms with E-state index in [0.717, 1.165) is 49.2 Å². The minimum absolute atomic E-state index is 0. The van der Waals surface area contributed by atoms with E-state index < -0.39 is 0 Å². The topological polar surface area (TPSA) is 64.8 Å². The summed E-state index contributed by atoms with van der Waals surface area (Å²) in [5.41, 5.74) is 7.76. The van der Waals surface area contributed by atoms with Gasteiger partial charge >= 0.3 is 0 Å². The van der Waals surface area contributed by atoms with Gasteiger partial charge in [-0.15, -0.1) is 12.4 Å². The number of carbonyl (C=O) groups excluding carboxylic acids is 1. The van der Waals surface area contributed by atoms with Gasteiger partial charge in [0.2, 0.25) is 0 Å². The van der Waals surface area contributed by atoms with E-state index in [0.29, 0.717) is 19.1 Å². The van der Waals surface area contributed by atoms with Crippen LogP contribution in [0.2, 0.25) is 0 Å². The molecule has 1 amide bonds. The first-order valence-electron chi connectivity index (χ1n) is 9.34. The summed E-state index contributed by atoms with van der Waals surface area (Å²) in [6.07, 6.45) is 2.92. The highest BCUT2D eigenvalue weighted by Crippen LogP contribution is 2.27. The molecule has 1 aromatic rings. The number of carbonyl (C=O) groups is 1. The van der Waals surface area contributed by atoms with Crippen molar-refractivity contribution in [3.63, 3.8) is 0 Å². The second-order valence-electron chi connectivity index (χ2n) is 7.08. The summed E-state index contributed by atoms with van der Waals surface area (Å²) in [6.45, 7) is 9.25. The number of amides is 1. The van der Waals surface area contributed by atoms with Crippen molar-refractivity contribution < 1.29 is 14.3 Å². The quantitative estimate of drug-likeness (QED) is 0.698. The number of hydrogen-bond donors (Lipinski definition) is 1. The number of rotatable bonds is 8. The zero-order chi connectivity index (χ0) is 18.2. The fraction of sp³-hybridized carbons (Fsp3) is 0.650. The first-order chi connectivity index (χ1) is 12.0. The first kappa shape index (κ1) is 22.7. The molecule has 0 saturated carbocycles. The molecule has 2 N–H and O–H groups in total. The maximum absolute atomic E-state index is 12.4. The van der Waals surface area contributed by atoms with Crippen molar-refractivity contribution in [2.75, 3.05) is 32.8 Å². The van der Waals surface area contributed by atoms with Gasteiger partial charge in [-0.3, -0.25) is 4.79 Å². The molecule has 6 heteroatoms. The maximum atomic E-state index is 12.4. The van der Waals surface area contributed by atoms with Gasteiger partial charge in [0.15, 0.2) is 6.61 Å². The molecule has 0 spiro atoms. The normalized spacial score (nSPS) is 15.0. The number of halogens is 1. The highest BCUT2D eigenvalue weighted by atomic mass is 35.5. The largest absolute Gasteiger partial charge is 0.483 e. The molecule has 1 aliphatic rings. The molecule has 0 bridgehead atoms. The number of hydrogen-bond acceptors (Lipinski definition) is 4. The maximum Gasteiger partial charge on any atom is 0.260 e. The summed E-state index contributed by atoms with van der Waals surface area (Å²) >= 11 is 0. The van der Waals surface area contributed by atoms with Crippen LogP contribution in [0.1, 0.15) is 50.2 Å². The summed E-state index contributed by atoms with van der Waals surface area (Å²) in [7, 11) is 0. The standard InChI is InChI=1S/C20H32N2O3.ClH/c1-15(2)18-6-5-16(3)13-19(18)25-14-20(23)22-10-7-17(8-11-22)24-12-4-9-21;/h5-6,13,15,17H,4,7-12,14,21H2,1-3H3;1H. The Labute approximate surface area is 163 Å². The first-order valence-corrected chi connectivity index (χ1v) is 9.34. The molecule has 1 aliphatic heterocycles. The van der Waals surface area contributed by atoms with Crippen molar-refractivity contribution in [2.24, 2.45) is 5.73 Å². The molecular weight excluding hydrogens is 352 g/mol. The van der Waals surface area contributed by atoms with Crippen LogP contribution in [0.5, 0.6) is 5.75 Å². The lowest BCUT2D eigenvalue weighted by Crippen LogP contribution is -2.43. The van der Waals surface area contributed by atoms with E-state index in [2.05, 4.69) is 26.0 Å². The molecule has 0 aromatic heterocycles. The Morgan fingerprint density at radius 3 is 2.62 bits per heavy atom. The molecule has 1 saturated heterocycles. The Balaban J connectivity index is 0.00000338. The van der Waals surface area contributed by atoms with E-state index in [1.807, 2.05) is 17.9 Å². The van der Waals surface area contributed by atoms with E-state index in [4.69, 9.17) is 15.2 Å². The number of likely N-dealkylation sites (tertiary alicyclic amines) is 1. The van der Waals surface area contributed by atoms with E-state index in [1.54, 1.807) is 0 Å². The molecule has 1 aromatic carbocycles. The molecule has 0 atom stereocenters. The third-order valence-electron chi connectivity index (χ3n) is 4.64. The molecule has 1 heterocycles. The van der Waals surface area contributed by atoms with Gasteiger partial charge < -0.3 is 20.1 Å². The zero-order valence-corrected chi connectivity index (χ0v) is 17.0. The van der Waals surface area contributed by atoms with E-state index in [1.165, 1.54) is 0 Å². The van der Waals surface area contributed by atoms with Crippen LogP contribution in [0.4, 0.5) is 0 Å². The van der Waals surface area contributed by atoms with Gasteiger partial charge in [-0.05, 0) is 55.8 Å². The Bertz CT molecular complexity index is 558. The number of piperidine rings is 1. The van der Waals surface area contributed by atoms with Crippen molar-refractivity contribution >= 4 is 18.3 Å². The van der Waals surface area contributed by atoms with E-state index >= 15 is 0 Å². The van der Waals surface area contributed by atoms with E-state index in [-0.39, 0.29) is 31.0 Å². The average Bonchev–Trinajstić information content (AvgIpc) is 2.60. The van der Waals surface area contributed by atoms with Crippen molar-refractivity contribution in [2.45, 2.75) is 52.1 Å². The average molecular weight is 385 g/mol. The molecule has 0 radical (unpaired) electrons. The SMILES string of the molecule is Cc1ccc(C(C)C)c(OCC(=O)N2CCC(OCCCN)CC2)c1.Cl. The molecule has 1 fully saturated rings. The van der Waals surface area contributed by atoms with E-state index in [9.17, 15) is 4.79 Å². The van der Waals surface area contributed by atoms with Gasteiger partial charge in [0.05, 0.1) is 6.10 Å². The van der Waals surface area contributed by atoms with Gasteiger partial charge in [-0.25, -0.2) is 0 Å². The van der Waals surface area contributed by atoms with Gasteiger partial charge in [0.25, 0.3) is 5.91 Å². The highest BCUT2D eigenvalue weighted by molar-refractivity contribution is 5.85. The van der Waals surface area contributed by atoms with Gasteiger partial charge in [-0.2, -0.15) is 0 Å². The summed E-state index contributed by atoms with van der Waals surface area (Å²) in [5.74, 6) is 1.24. The van der Waals surface area contributed by atoms with Crippen molar-refractivity contribution in [1.82, 2.24) is 4.90 Å². The Kier molecular flexibility index (Phi) is 9.99. The molecule has 148 valence electrons. The van der Waals surface area contributed by atoms with Crippen LogP contribution in [0.25, 0.3) is 0 Å². The van der Waals surface area contributed by atoms with Gasteiger partial charge in [-0.1, -0.05) is 26.0 Å². The Morgan fingerprint density at radius 2 is 2.00 bits per heavy atom. The summed E-state index contributed by atoms with van der Waals surface area (Å²) < 4.78 is 11.7. The molecule has 5 nitrogen and oxygen atoms in total. The van der Waals surface area contributed by atoms with Crippen LogP contribution in [0.3, 0.4) is 0 Å². The molecule has 26 heavy (non-hydrogen) atoms. The van der Waals surface area contributed by atoms with Crippen LogP contribution in [0, 0.1) is 6.92 Å². The monoisotopic (exact) mass is 384 g/mol. The number of nitrogens with zero attached hydrogens (tertiary/aromatic N) is 1. The van der Waals surface area contributed by atoms with Crippen molar-refractivity contribution in [3.8, 4) is 5.75 Å². The predicted molar refractivity (Wildman–Crippen MR) is 107 cm³/mol. The summed E-state index contributed by atoms with van der Waals surface area (Å²) in [5, 5.41) is 0. The lowest BCUT2D eigenvalue weighted by atomic mass is 10.0. The minimum atomic E-state index is 0. The van der Waals surface area contributed by atoms with Crippen molar-refractivity contribution in [3.05, 3.63) is 29.3 Å². The second-order valence-corrected chi connectivity index (χ2v) is 7.08. The number of benzene rings is 1. The molecule has 2 rings (SSSR count). The van der Waals surface area contributed by atoms with Crippen LogP contribution < -0.4 is 10.5 Å². The van der Waals surface area contributed by atoms with Crippen molar-refractivity contribution in [1.29, 1.82) is 0 Å². The van der Waals surface area contributed by atoms with Gasteiger partial charge in [0.1, 0.15) is 5.75 Å². The second kappa shape index (κ2) is 11.4. The Hall–Kier alpha value is -1.30. The molecule has 0 unspecified atom stereocenters. The third-order valence-corrected chi connectivity index (χ3v) is 4.64. The fourth-order valence-corrected chi connectivity index (χ4v) is 3.08. The van der Waals surface area contributed by atoms with Crippen LogP contribution in [-0.2, 0) is 9.53 Å². The molecular formula is C20H33ClN2O3. The summed E-state index contributed by atoms with van der Waals surface area (Å²) in [4.78, 5) is 14.3. The van der Waals surface area contributed by atoms with Crippen LogP contribution in [-0.4, -0.2) is 49.8 Å². The number of ether oxygens (including phenoxy) is 2. The third kappa shape index (κ3) is 6.78. The van der Waals surface area contributed by atoms with Gasteiger partial charge in [0, 0.05) is 19.7 Å². The fourth-order valence-electron chi connectivity index (χ4n) is 3.08. The zero-order valence-electron chi connectivity index (χ0n) is 16.2. The predicted octanol–water partition coefficient (Wildman–Crippen LogP) is 3.28. The summed E-state index contributed by atoms with van der Waals surface area (Å²) in [6, 6.07) is 6.18. The number of aryl methyl sites for hydroxylation is 1. The Morgan fingerprint density at radius 1 is 1.31 bits per heavy atom. The lowest BCUT2D eigenvalue weighted by Gasteiger charge is -2.32. The van der Waals surface area contributed by atoms with Crippen LogP contribution >= 0.6 is 12.4 Å². The minimum Gasteiger partial charge on any atom is -0.483 e.